The van der Waals surface area contributed by atoms with Gasteiger partial charge in [-0.3, -0.25) is 9.69 Å². The van der Waals surface area contributed by atoms with Crippen LogP contribution in [-0.2, 0) is 4.79 Å². The number of likely N-dealkylation sites (tertiary alicyclic amines) is 1. The summed E-state index contributed by atoms with van der Waals surface area (Å²) in [6, 6.07) is 10.1. The zero-order valence-electron chi connectivity index (χ0n) is 13.9. The van der Waals surface area contributed by atoms with Gasteiger partial charge in [0.1, 0.15) is 5.82 Å². The number of carbonyl (C=O) groups is 1. The third-order valence-electron chi connectivity index (χ3n) is 4.44. The van der Waals surface area contributed by atoms with Gasteiger partial charge in [-0.25, -0.2) is 4.39 Å². The van der Waals surface area contributed by atoms with Crippen molar-refractivity contribution in [3.63, 3.8) is 0 Å². The lowest BCUT2D eigenvalue weighted by molar-refractivity contribution is -0.123. The maximum Gasteiger partial charge on any atom is 0.234 e. The number of carbonyl (C=O) groups excluding carboxylic acids is 1. The minimum Gasteiger partial charge on any atom is -0.343 e. The average molecular weight is 346 g/mol. The second-order valence-corrected chi connectivity index (χ2v) is 7.53. The lowest BCUT2D eigenvalue weighted by Crippen LogP contribution is -2.43. The maximum absolute atomic E-state index is 13.2. The van der Waals surface area contributed by atoms with Crippen LogP contribution in [0.15, 0.2) is 41.8 Å². The Balaban J connectivity index is 1.70. The summed E-state index contributed by atoms with van der Waals surface area (Å²) >= 11 is 1.60. The largest absolute Gasteiger partial charge is 0.343 e. The molecule has 1 aliphatic heterocycles. The van der Waals surface area contributed by atoms with Crippen molar-refractivity contribution >= 4 is 17.2 Å². The minimum absolute atomic E-state index is 0.0202. The monoisotopic (exact) mass is 346 g/mol. The number of nitrogens with zero attached hydrogens (tertiary/aromatic N) is 1. The van der Waals surface area contributed by atoms with Crippen molar-refractivity contribution in [3.05, 3.63) is 58.0 Å². The van der Waals surface area contributed by atoms with Gasteiger partial charge in [0.25, 0.3) is 0 Å². The molecular formula is C19H23FN2OS. The van der Waals surface area contributed by atoms with Gasteiger partial charge in [-0.05, 0) is 54.4 Å². The molecule has 1 aromatic carbocycles. The van der Waals surface area contributed by atoms with Gasteiger partial charge in [-0.1, -0.05) is 25.1 Å². The first-order chi connectivity index (χ1) is 11.6. The minimum atomic E-state index is -0.266. The fourth-order valence-electron chi connectivity index (χ4n) is 3.27. The fourth-order valence-corrected chi connectivity index (χ4v) is 4.07. The molecule has 1 aromatic heterocycles. The summed E-state index contributed by atoms with van der Waals surface area (Å²) in [5.41, 5.74) is 0.902. The highest BCUT2D eigenvalue weighted by Crippen LogP contribution is 2.26. The molecule has 2 heterocycles. The lowest BCUT2D eigenvalue weighted by Gasteiger charge is -2.30. The summed E-state index contributed by atoms with van der Waals surface area (Å²) in [6.45, 7) is 4.62. The molecule has 1 saturated heterocycles. The molecule has 128 valence electrons. The third-order valence-corrected chi connectivity index (χ3v) is 5.38. The molecule has 0 bridgehead atoms. The molecule has 24 heavy (non-hydrogen) atoms. The van der Waals surface area contributed by atoms with E-state index in [0.717, 1.165) is 30.0 Å². The molecule has 0 unspecified atom stereocenters. The number of hydrogen-bond donors (Lipinski definition) is 1. The molecule has 1 aliphatic rings. The summed E-state index contributed by atoms with van der Waals surface area (Å²) < 4.78 is 13.2. The molecule has 0 saturated carbocycles. The van der Waals surface area contributed by atoms with Gasteiger partial charge >= 0.3 is 0 Å². The van der Waals surface area contributed by atoms with E-state index in [1.54, 1.807) is 23.5 Å². The van der Waals surface area contributed by atoms with Crippen LogP contribution in [0.5, 0.6) is 0 Å². The molecular weight excluding hydrogens is 323 g/mol. The second-order valence-electron chi connectivity index (χ2n) is 6.55. The molecule has 0 radical (unpaired) electrons. The average Bonchev–Trinajstić information content (AvgIpc) is 3.08. The molecule has 1 amide bonds. The third kappa shape index (κ3) is 4.42. The molecule has 3 rings (SSSR count). The van der Waals surface area contributed by atoms with Crippen LogP contribution < -0.4 is 5.32 Å². The van der Waals surface area contributed by atoms with Crippen LogP contribution in [0.4, 0.5) is 4.39 Å². The summed E-state index contributed by atoms with van der Waals surface area (Å²) in [7, 11) is 0. The Kier molecular flexibility index (Phi) is 5.63. The van der Waals surface area contributed by atoms with E-state index < -0.39 is 0 Å². The van der Waals surface area contributed by atoms with Crippen LogP contribution >= 0.6 is 11.3 Å². The number of rotatable bonds is 5. The fraction of sp³-hybridized carbons (Fsp3) is 0.421. The molecule has 0 spiro atoms. The first-order valence-corrected chi connectivity index (χ1v) is 9.30. The molecule has 1 fully saturated rings. The number of piperidine rings is 1. The van der Waals surface area contributed by atoms with E-state index in [2.05, 4.69) is 17.1 Å². The molecule has 3 nitrogen and oxygen atoms in total. The SMILES string of the molecule is C[C@@H]1CCCN(CC(=O)N[C@@H](c2ccc(F)cc2)c2cccs2)C1. The van der Waals surface area contributed by atoms with E-state index in [9.17, 15) is 9.18 Å². The second kappa shape index (κ2) is 7.90. The number of hydrogen-bond acceptors (Lipinski definition) is 3. The van der Waals surface area contributed by atoms with E-state index in [1.165, 1.54) is 18.6 Å². The predicted octanol–water partition coefficient (Wildman–Crippen LogP) is 3.82. The molecule has 5 heteroatoms. The van der Waals surface area contributed by atoms with Gasteiger partial charge in [-0.15, -0.1) is 11.3 Å². The van der Waals surface area contributed by atoms with Crippen molar-refractivity contribution < 1.29 is 9.18 Å². The normalized spacial score (nSPS) is 19.8. The van der Waals surface area contributed by atoms with E-state index in [0.29, 0.717) is 12.5 Å². The first-order valence-electron chi connectivity index (χ1n) is 8.42. The Labute approximate surface area is 146 Å². The summed E-state index contributed by atoms with van der Waals surface area (Å²) in [5, 5.41) is 5.12. The Hall–Kier alpha value is -1.72. The highest BCUT2D eigenvalue weighted by molar-refractivity contribution is 7.10. The lowest BCUT2D eigenvalue weighted by atomic mass is 10.0. The zero-order chi connectivity index (χ0) is 16.9. The van der Waals surface area contributed by atoms with Crippen LogP contribution in [0.1, 0.15) is 36.2 Å². The quantitative estimate of drug-likeness (QED) is 0.892. The van der Waals surface area contributed by atoms with Crippen LogP contribution in [0.25, 0.3) is 0 Å². The Bertz CT molecular complexity index is 657. The van der Waals surface area contributed by atoms with Gasteiger partial charge in [0, 0.05) is 11.4 Å². The standard InChI is InChI=1S/C19H23FN2OS/c1-14-4-2-10-22(12-14)13-18(23)21-19(17-5-3-11-24-17)15-6-8-16(20)9-7-15/h3,5-9,11,14,19H,2,4,10,12-13H2,1H3,(H,21,23)/t14-,19+/m1/s1. The van der Waals surface area contributed by atoms with Crippen LogP contribution in [0, 0.1) is 11.7 Å². The van der Waals surface area contributed by atoms with Crippen molar-refractivity contribution in [2.24, 2.45) is 5.92 Å². The highest BCUT2D eigenvalue weighted by atomic mass is 32.1. The summed E-state index contributed by atoms with van der Waals surface area (Å²) in [4.78, 5) is 15.8. The summed E-state index contributed by atoms with van der Waals surface area (Å²) in [6.07, 6.45) is 2.40. The van der Waals surface area contributed by atoms with Crippen molar-refractivity contribution in [2.45, 2.75) is 25.8 Å². The molecule has 1 N–H and O–H groups in total. The number of benzene rings is 1. The number of nitrogens with one attached hydrogen (secondary N) is 1. The predicted molar refractivity (Wildman–Crippen MR) is 95.5 cm³/mol. The highest BCUT2D eigenvalue weighted by Gasteiger charge is 2.22. The van der Waals surface area contributed by atoms with Gasteiger partial charge in [0.2, 0.25) is 5.91 Å². The topological polar surface area (TPSA) is 32.3 Å². The van der Waals surface area contributed by atoms with Crippen molar-refractivity contribution in [3.8, 4) is 0 Å². The Morgan fingerprint density at radius 3 is 2.83 bits per heavy atom. The molecule has 2 atom stereocenters. The molecule has 0 aliphatic carbocycles. The zero-order valence-corrected chi connectivity index (χ0v) is 14.7. The first kappa shape index (κ1) is 17.1. The van der Waals surface area contributed by atoms with Crippen molar-refractivity contribution in [1.29, 1.82) is 0 Å². The van der Waals surface area contributed by atoms with Crippen LogP contribution in [0.2, 0.25) is 0 Å². The van der Waals surface area contributed by atoms with E-state index in [4.69, 9.17) is 0 Å². The van der Waals surface area contributed by atoms with E-state index in [1.807, 2.05) is 17.5 Å². The van der Waals surface area contributed by atoms with Crippen LogP contribution in [-0.4, -0.2) is 30.4 Å². The molecule has 2 aromatic rings. The van der Waals surface area contributed by atoms with E-state index in [-0.39, 0.29) is 17.8 Å². The maximum atomic E-state index is 13.2. The number of thiophene rings is 1. The summed E-state index contributed by atoms with van der Waals surface area (Å²) in [5.74, 6) is 0.404. The van der Waals surface area contributed by atoms with Gasteiger partial charge in [-0.2, -0.15) is 0 Å². The number of amides is 1. The van der Waals surface area contributed by atoms with Crippen molar-refractivity contribution in [1.82, 2.24) is 10.2 Å². The van der Waals surface area contributed by atoms with E-state index >= 15 is 0 Å². The Morgan fingerprint density at radius 1 is 1.38 bits per heavy atom. The van der Waals surface area contributed by atoms with Gasteiger partial charge in [0.15, 0.2) is 0 Å². The number of halogens is 1. The van der Waals surface area contributed by atoms with Gasteiger partial charge in [0.05, 0.1) is 12.6 Å². The smallest absolute Gasteiger partial charge is 0.234 e. The van der Waals surface area contributed by atoms with Crippen LogP contribution in [0.3, 0.4) is 0 Å². The van der Waals surface area contributed by atoms with Gasteiger partial charge < -0.3 is 5.32 Å². The Morgan fingerprint density at radius 2 is 2.17 bits per heavy atom. The van der Waals surface area contributed by atoms with Crippen molar-refractivity contribution in [2.75, 3.05) is 19.6 Å².